The minimum Gasteiger partial charge on any atom is -0.478 e. The molecule has 0 aromatic rings. The highest BCUT2D eigenvalue weighted by Crippen LogP contribution is 2.30. The maximum Gasteiger partial charge on any atom is 0.348 e. The van der Waals surface area contributed by atoms with Crippen LogP contribution >= 0.6 is 0 Å². The molecule has 2 aliphatic rings. The van der Waals surface area contributed by atoms with Gasteiger partial charge in [-0.05, 0) is 6.42 Å². The molecule has 5 heteroatoms. The average molecular weight is 187 g/mol. The van der Waals surface area contributed by atoms with Crippen LogP contribution in [0.5, 0.6) is 0 Å². The van der Waals surface area contributed by atoms with E-state index in [2.05, 4.69) is 5.32 Å². The van der Waals surface area contributed by atoms with E-state index in [1.807, 2.05) is 0 Å². The summed E-state index contributed by atoms with van der Waals surface area (Å²) in [5.74, 6) is -0.953. The molecule has 2 saturated heterocycles. The first-order chi connectivity index (χ1) is 6.22. The van der Waals surface area contributed by atoms with Crippen LogP contribution in [-0.2, 0) is 14.3 Å². The molecule has 2 rings (SSSR count). The fourth-order valence-corrected chi connectivity index (χ4v) is 1.80. The van der Waals surface area contributed by atoms with Gasteiger partial charge in [0, 0.05) is 19.6 Å². The predicted octanol–water partition coefficient (Wildman–Crippen LogP) is -0.434. The van der Waals surface area contributed by atoms with Gasteiger partial charge in [0.1, 0.15) is 0 Å². The standard InChI is InChI=1S/C8H13NO4/c10-7(11)6-9-3-1-8(13-6)2-4-12-5-8/h6,9H,1-5H2,(H,10,11). The van der Waals surface area contributed by atoms with Crippen molar-refractivity contribution in [2.45, 2.75) is 24.7 Å². The molecule has 0 radical (unpaired) electrons. The first-order valence-corrected chi connectivity index (χ1v) is 4.44. The number of hydrogen-bond acceptors (Lipinski definition) is 4. The van der Waals surface area contributed by atoms with Gasteiger partial charge in [0.2, 0.25) is 6.23 Å². The summed E-state index contributed by atoms with van der Waals surface area (Å²) in [6, 6.07) is 0. The minimum atomic E-state index is -0.953. The minimum absolute atomic E-state index is 0.339. The molecular weight excluding hydrogens is 174 g/mol. The SMILES string of the molecule is O=C(O)C1NCCC2(CCOC2)O1. The topological polar surface area (TPSA) is 67.8 Å². The van der Waals surface area contributed by atoms with Crippen LogP contribution < -0.4 is 5.32 Å². The Bertz CT molecular complexity index is 212. The van der Waals surface area contributed by atoms with Crippen LogP contribution in [0, 0.1) is 0 Å². The van der Waals surface area contributed by atoms with E-state index in [1.54, 1.807) is 0 Å². The summed E-state index contributed by atoms with van der Waals surface area (Å²) < 4.78 is 10.7. The molecule has 0 aromatic heterocycles. The predicted molar refractivity (Wildman–Crippen MR) is 43.3 cm³/mol. The number of ether oxygens (including phenoxy) is 2. The molecule has 0 amide bonds. The van der Waals surface area contributed by atoms with E-state index < -0.39 is 12.2 Å². The van der Waals surface area contributed by atoms with E-state index in [9.17, 15) is 4.79 Å². The van der Waals surface area contributed by atoms with E-state index in [0.717, 1.165) is 12.8 Å². The average Bonchev–Trinajstić information content (AvgIpc) is 2.53. The highest BCUT2D eigenvalue weighted by atomic mass is 16.6. The summed E-state index contributed by atoms with van der Waals surface area (Å²) in [4.78, 5) is 10.7. The third kappa shape index (κ3) is 1.67. The second kappa shape index (κ2) is 3.25. The summed E-state index contributed by atoms with van der Waals surface area (Å²) >= 11 is 0. The van der Waals surface area contributed by atoms with Gasteiger partial charge < -0.3 is 14.6 Å². The van der Waals surface area contributed by atoms with Crippen molar-refractivity contribution in [2.75, 3.05) is 19.8 Å². The second-order valence-corrected chi connectivity index (χ2v) is 3.53. The molecule has 0 saturated carbocycles. The Kier molecular flexibility index (Phi) is 2.23. The number of carbonyl (C=O) groups is 1. The zero-order valence-electron chi connectivity index (χ0n) is 7.28. The normalized spacial score (nSPS) is 39.5. The Morgan fingerprint density at radius 3 is 3.00 bits per heavy atom. The Morgan fingerprint density at radius 2 is 2.38 bits per heavy atom. The Balaban J connectivity index is 2.02. The van der Waals surface area contributed by atoms with Crippen molar-refractivity contribution in [1.29, 1.82) is 0 Å². The van der Waals surface area contributed by atoms with Crippen molar-refractivity contribution in [2.24, 2.45) is 0 Å². The van der Waals surface area contributed by atoms with Crippen LogP contribution in [0.25, 0.3) is 0 Å². The van der Waals surface area contributed by atoms with Gasteiger partial charge in [-0.1, -0.05) is 0 Å². The van der Waals surface area contributed by atoms with E-state index in [0.29, 0.717) is 19.8 Å². The monoisotopic (exact) mass is 187 g/mol. The van der Waals surface area contributed by atoms with Crippen molar-refractivity contribution < 1.29 is 19.4 Å². The molecule has 5 nitrogen and oxygen atoms in total. The molecule has 2 atom stereocenters. The zero-order valence-corrected chi connectivity index (χ0v) is 7.28. The van der Waals surface area contributed by atoms with Gasteiger partial charge >= 0.3 is 5.97 Å². The van der Waals surface area contributed by atoms with Gasteiger partial charge in [-0.15, -0.1) is 0 Å². The van der Waals surface area contributed by atoms with Crippen molar-refractivity contribution >= 4 is 5.97 Å². The van der Waals surface area contributed by atoms with Crippen LogP contribution in [0.15, 0.2) is 0 Å². The summed E-state index contributed by atoms with van der Waals surface area (Å²) in [5.41, 5.74) is -0.339. The van der Waals surface area contributed by atoms with Gasteiger partial charge in [0.15, 0.2) is 0 Å². The van der Waals surface area contributed by atoms with E-state index in [4.69, 9.17) is 14.6 Å². The fraction of sp³-hybridized carbons (Fsp3) is 0.875. The van der Waals surface area contributed by atoms with Crippen molar-refractivity contribution in [3.8, 4) is 0 Å². The van der Waals surface area contributed by atoms with Crippen LogP contribution in [0.1, 0.15) is 12.8 Å². The number of carboxylic acids is 1. The maximum atomic E-state index is 10.7. The first-order valence-electron chi connectivity index (χ1n) is 4.44. The lowest BCUT2D eigenvalue weighted by Gasteiger charge is -2.36. The summed E-state index contributed by atoms with van der Waals surface area (Å²) in [6.07, 6.45) is 0.769. The lowest BCUT2D eigenvalue weighted by molar-refractivity contribution is -0.178. The van der Waals surface area contributed by atoms with Gasteiger partial charge in [0.25, 0.3) is 0 Å². The van der Waals surface area contributed by atoms with E-state index in [1.165, 1.54) is 0 Å². The lowest BCUT2D eigenvalue weighted by Crippen LogP contribution is -2.54. The van der Waals surface area contributed by atoms with Gasteiger partial charge in [-0.2, -0.15) is 0 Å². The van der Waals surface area contributed by atoms with Gasteiger partial charge in [-0.25, -0.2) is 4.79 Å². The Hall–Kier alpha value is -0.650. The summed E-state index contributed by atoms with van der Waals surface area (Å²) in [6.45, 7) is 1.88. The molecular formula is C8H13NO4. The quantitative estimate of drug-likeness (QED) is 0.583. The number of hydrogen-bond donors (Lipinski definition) is 2. The number of rotatable bonds is 1. The van der Waals surface area contributed by atoms with Crippen LogP contribution in [0.4, 0.5) is 0 Å². The third-order valence-electron chi connectivity index (χ3n) is 2.57. The Labute approximate surface area is 76.0 Å². The largest absolute Gasteiger partial charge is 0.478 e. The van der Waals surface area contributed by atoms with E-state index >= 15 is 0 Å². The maximum absolute atomic E-state index is 10.7. The van der Waals surface area contributed by atoms with Crippen molar-refractivity contribution in [1.82, 2.24) is 5.32 Å². The van der Waals surface area contributed by atoms with Crippen molar-refractivity contribution in [3.63, 3.8) is 0 Å². The first kappa shape index (κ1) is 8.93. The molecule has 0 bridgehead atoms. The number of nitrogens with one attached hydrogen (secondary N) is 1. The molecule has 2 unspecified atom stereocenters. The van der Waals surface area contributed by atoms with Gasteiger partial charge in [0.05, 0.1) is 12.2 Å². The second-order valence-electron chi connectivity index (χ2n) is 3.53. The van der Waals surface area contributed by atoms with Crippen molar-refractivity contribution in [3.05, 3.63) is 0 Å². The molecule has 2 fully saturated rings. The summed E-state index contributed by atoms with van der Waals surface area (Å²) in [5, 5.41) is 11.5. The Morgan fingerprint density at radius 1 is 1.54 bits per heavy atom. The highest BCUT2D eigenvalue weighted by Gasteiger charge is 2.42. The third-order valence-corrected chi connectivity index (χ3v) is 2.57. The molecule has 1 spiro atoms. The summed E-state index contributed by atoms with van der Waals surface area (Å²) in [7, 11) is 0. The smallest absolute Gasteiger partial charge is 0.348 e. The molecule has 13 heavy (non-hydrogen) atoms. The van der Waals surface area contributed by atoms with Gasteiger partial charge in [-0.3, -0.25) is 5.32 Å². The number of aliphatic carboxylic acids is 1. The van der Waals surface area contributed by atoms with Crippen LogP contribution in [0.2, 0.25) is 0 Å². The molecule has 2 aliphatic heterocycles. The molecule has 2 N–H and O–H groups in total. The highest BCUT2D eigenvalue weighted by molar-refractivity contribution is 5.72. The molecule has 2 heterocycles. The molecule has 74 valence electrons. The van der Waals surface area contributed by atoms with Crippen LogP contribution in [-0.4, -0.2) is 42.7 Å². The molecule has 0 aromatic carbocycles. The van der Waals surface area contributed by atoms with Crippen LogP contribution in [0.3, 0.4) is 0 Å². The lowest BCUT2D eigenvalue weighted by atomic mass is 9.97. The number of carboxylic acid groups (broad SMARTS) is 1. The molecule has 0 aliphatic carbocycles. The van der Waals surface area contributed by atoms with E-state index in [-0.39, 0.29) is 5.60 Å². The zero-order chi connectivity index (χ0) is 9.31. The fourth-order valence-electron chi connectivity index (χ4n) is 1.80.